The van der Waals surface area contributed by atoms with Crippen molar-refractivity contribution in [1.82, 2.24) is 20.3 Å². The normalized spacial score (nSPS) is 18.9. The molecule has 104 valence electrons. The van der Waals surface area contributed by atoms with Crippen LogP contribution in [0.1, 0.15) is 30.8 Å². The van der Waals surface area contributed by atoms with Crippen LogP contribution >= 0.6 is 0 Å². The van der Waals surface area contributed by atoms with Crippen molar-refractivity contribution in [3.05, 3.63) is 42.0 Å². The van der Waals surface area contributed by atoms with Crippen molar-refractivity contribution in [2.75, 3.05) is 6.54 Å². The summed E-state index contributed by atoms with van der Waals surface area (Å²) in [4.78, 5) is 13.6. The molecular formula is C16H20N4. The van der Waals surface area contributed by atoms with Crippen LogP contribution in [-0.4, -0.2) is 27.5 Å². The van der Waals surface area contributed by atoms with E-state index in [-0.39, 0.29) is 0 Å². The van der Waals surface area contributed by atoms with Crippen molar-refractivity contribution >= 4 is 0 Å². The van der Waals surface area contributed by atoms with E-state index in [0.717, 1.165) is 35.9 Å². The van der Waals surface area contributed by atoms with E-state index >= 15 is 0 Å². The van der Waals surface area contributed by atoms with E-state index in [2.05, 4.69) is 20.3 Å². The lowest BCUT2D eigenvalue weighted by atomic mass is 10.0. The number of piperidine rings is 1. The second-order valence-corrected chi connectivity index (χ2v) is 5.38. The molecule has 1 fully saturated rings. The lowest BCUT2D eigenvalue weighted by Gasteiger charge is -2.22. The molecule has 4 nitrogen and oxygen atoms in total. The van der Waals surface area contributed by atoms with Gasteiger partial charge in [0.2, 0.25) is 0 Å². The summed E-state index contributed by atoms with van der Waals surface area (Å²) >= 11 is 0. The Balaban J connectivity index is 1.83. The third-order valence-corrected chi connectivity index (χ3v) is 3.67. The van der Waals surface area contributed by atoms with Crippen LogP contribution in [0.25, 0.3) is 11.4 Å². The van der Waals surface area contributed by atoms with Gasteiger partial charge in [-0.25, -0.2) is 9.97 Å². The van der Waals surface area contributed by atoms with Crippen molar-refractivity contribution in [3.63, 3.8) is 0 Å². The minimum absolute atomic E-state index is 0.516. The van der Waals surface area contributed by atoms with Gasteiger partial charge in [-0.3, -0.25) is 4.98 Å². The van der Waals surface area contributed by atoms with E-state index in [9.17, 15) is 0 Å². The highest BCUT2D eigenvalue weighted by atomic mass is 15.0. The summed E-state index contributed by atoms with van der Waals surface area (Å²) < 4.78 is 0. The Bertz CT molecular complexity index is 562. The third kappa shape index (κ3) is 3.20. The highest BCUT2D eigenvalue weighted by Gasteiger charge is 2.15. The van der Waals surface area contributed by atoms with Gasteiger partial charge >= 0.3 is 0 Å². The van der Waals surface area contributed by atoms with Crippen LogP contribution in [0.15, 0.2) is 30.5 Å². The SMILES string of the molecule is Cc1cc(-c2ccccn2)nc(CC2CCCCN2)n1. The Morgan fingerprint density at radius 2 is 2.15 bits per heavy atom. The predicted octanol–water partition coefficient (Wildman–Crippen LogP) is 2.53. The summed E-state index contributed by atoms with van der Waals surface area (Å²) in [5.74, 6) is 0.921. The Hall–Kier alpha value is -1.81. The van der Waals surface area contributed by atoms with Crippen molar-refractivity contribution in [2.45, 2.75) is 38.6 Å². The monoisotopic (exact) mass is 268 g/mol. The van der Waals surface area contributed by atoms with Crippen molar-refractivity contribution in [2.24, 2.45) is 0 Å². The molecule has 0 radical (unpaired) electrons. The minimum atomic E-state index is 0.516. The van der Waals surface area contributed by atoms with Gasteiger partial charge in [0.1, 0.15) is 5.82 Å². The average molecular weight is 268 g/mol. The summed E-state index contributed by atoms with van der Waals surface area (Å²) in [7, 11) is 0. The predicted molar refractivity (Wildman–Crippen MR) is 79.3 cm³/mol. The molecule has 0 bridgehead atoms. The molecule has 0 saturated carbocycles. The highest BCUT2D eigenvalue weighted by Crippen LogP contribution is 2.16. The molecule has 2 aromatic heterocycles. The summed E-state index contributed by atoms with van der Waals surface area (Å²) in [5.41, 5.74) is 2.84. The van der Waals surface area contributed by atoms with Crippen LogP contribution < -0.4 is 5.32 Å². The van der Waals surface area contributed by atoms with Crippen LogP contribution in [0.4, 0.5) is 0 Å². The Morgan fingerprint density at radius 1 is 1.20 bits per heavy atom. The maximum absolute atomic E-state index is 4.68. The molecule has 20 heavy (non-hydrogen) atoms. The number of aryl methyl sites for hydroxylation is 1. The fourth-order valence-corrected chi connectivity index (χ4v) is 2.69. The fourth-order valence-electron chi connectivity index (χ4n) is 2.69. The number of nitrogens with one attached hydrogen (secondary N) is 1. The molecule has 3 heterocycles. The lowest BCUT2D eigenvalue weighted by Crippen LogP contribution is -2.36. The molecule has 0 amide bonds. The maximum atomic E-state index is 4.68. The zero-order valence-electron chi connectivity index (χ0n) is 11.8. The quantitative estimate of drug-likeness (QED) is 0.929. The van der Waals surface area contributed by atoms with Gasteiger partial charge in [-0.05, 0) is 44.5 Å². The zero-order valence-corrected chi connectivity index (χ0v) is 11.8. The van der Waals surface area contributed by atoms with E-state index in [1.165, 1.54) is 19.3 Å². The first-order chi connectivity index (χ1) is 9.81. The third-order valence-electron chi connectivity index (χ3n) is 3.67. The molecule has 1 aliphatic heterocycles. The van der Waals surface area contributed by atoms with Gasteiger partial charge in [-0.1, -0.05) is 12.5 Å². The van der Waals surface area contributed by atoms with Crippen LogP contribution in [0, 0.1) is 6.92 Å². The second kappa shape index (κ2) is 6.09. The zero-order chi connectivity index (χ0) is 13.8. The summed E-state index contributed by atoms with van der Waals surface area (Å²) in [6.07, 6.45) is 6.51. The molecule has 1 saturated heterocycles. The van der Waals surface area contributed by atoms with E-state index in [1.807, 2.05) is 31.2 Å². The molecule has 3 rings (SSSR count). The molecular weight excluding hydrogens is 248 g/mol. The standard InChI is InChI=1S/C16H20N4/c1-12-10-15(14-7-3-5-9-18-14)20-16(19-12)11-13-6-2-4-8-17-13/h3,5,7,9-10,13,17H,2,4,6,8,11H2,1H3. The lowest BCUT2D eigenvalue weighted by molar-refractivity contribution is 0.394. The highest BCUT2D eigenvalue weighted by molar-refractivity contribution is 5.53. The summed E-state index contributed by atoms with van der Waals surface area (Å²) in [5, 5.41) is 3.55. The van der Waals surface area contributed by atoms with Gasteiger partial charge in [0.05, 0.1) is 11.4 Å². The van der Waals surface area contributed by atoms with Crippen LogP contribution in [0.5, 0.6) is 0 Å². The van der Waals surface area contributed by atoms with Crippen LogP contribution in [0.2, 0.25) is 0 Å². The van der Waals surface area contributed by atoms with Crippen LogP contribution in [-0.2, 0) is 6.42 Å². The molecule has 0 aromatic carbocycles. The van der Waals surface area contributed by atoms with E-state index in [1.54, 1.807) is 6.20 Å². The Morgan fingerprint density at radius 3 is 2.90 bits per heavy atom. The maximum Gasteiger partial charge on any atom is 0.130 e. The molecule has 2 aromatic rings. The largest absolute Gasteiger partial charge is 0.314 e. The van der Waals surface area contributed by atoms with Gasteiger partial charge < -0.3 is 5.32 Å². The van der Waals surface area contributed by atoms with E-state index < -0.39 is 0 Å². The molecule has 4 heteroatoms. The first kappa shape index (κ1) is 13.2. The molecule has 1 atom stereocenters. The molecule has 1 unspecified atom stereocenters. The van der Waals surface area contributed by atoms with Gasteiger partial charge in [0, 0.05) is 24.4 Å². The van der Waals surface area contributed by atoms with Gasteiger partial charge in [-0.2, -0.15) is 0 Å². The first-order valence-corrected chi connectivity index (χ1v) is 7.30. The van der Waals surface area contributed by atoms with Gasteiger partial charge in [-0.15, -0.1) is 0 Å². The van der Waals surface area contributed by atoms with Crippen molar-refractivity contribution < 1.29 is 0 Å². The van der Waals surface area contributed by atoms with Crippen molar-refractivity contribution in [1.29, 1.82) is 0 Å². The number of pyridine rings is 1. The van der Waals surface area contributed by atoms with E-state index in [0.29, 0.717) is 6.04 Å². The van der Waals surface area contributed by atoms with Gasteiger partial charge in [0.25, 0.3) is 0 Å². The number of hydrogen-bond acceptors (Lipinski definition) is 4. The first-order valence-electron chi connectivity index (χ1n) is 7.30. The van der Waals surface area contributed by atoms with Crippen molar-refractivity contribution in [3.8, 4) is 11.4 Å². The average Bonchev–Trinajstić information content (AvgIpc) is 2.49. The minimum Gasteiger partial charge on any atom is -0.314 e. The fraction of sp³-hybridized carbons (Fsp3) is 0.438. The molecule has 1 N–H and O–H groups in total. The molecule has 1 aliphatic rings. The Labute approximate surface area is 119 Å². The smallest absolute Gasteiger partial charge is 0.130 e. The second-order valence-electron chi connectivity index (χ2n) is 5.38. The number of rotatable bonds is 3. The summed E-state index contributed by atoms with van der Waals surface area (Å²) in [6.45, 7) is 3.13. The van der Waals surface area contributed by atoms with E-state index in [4.69, 9.17) is 0 Å². The summed E-state index contributed by atoms with van der Waals surface area (Å²) in [6, 6.07) is 8.42. The number of aromatic nitrogens is 3. The Kier molecular flexibility index (Phi) is 4.02. The molecule has 0 spiro atoms. The van der Waals surface area contributed by atoms with Gasteiger partial charge in [0.15, 0.2) is 0 Å². The molecule has 0 aliphatic carbocycles. The van der Waals surface area contributed by atoms with Crippen LogP contribution in [0.3, 0.4) is 0 Å². The number of hydrogen-bond donors (Lipinski definition) is 1. The number of nitrogens with zero attached hydrogens (tertiary/aromatic N) is 3. The topological polar surface area (TPSA) is 50.7 Å².